The maximum atomic E-state index is 5.46. The molecule has 0 aliphatic carbocycles. The van der Waals surface area contributed by atoms with E-state index in [1.54, 1.807) is 0 Å². The minimum absolute atomic E-state index is 0.302. The van der Waals surface area contributed by atoms with Crippen molar-refractivity contribution in [3.8, 4) is 0 Å². The molecule has 1 rings (SSSR count). The molecule has 1 radical (unpaired) electrons. The van der Waals surface area contributed by atoms with Crippen molar-refractivity contribution in [2.75, 3.05) is 6.61 Å². The van der Waals surface area contributed by atoms with Gasteiger partial charge in [-0.3, -0.25) is 0 Å². The Kier molecular flexibility index (Phi) is 1.80. The molecule has 0 amide bonds. The molecule has 9 heavy (non-hydrogen) atoms. The van der Waals surface area contributed by atoms with Gasteiger partial charge in [0.2, 0.25) is 0 Å². The zero-order chi connectivity index (χ0) is 6.91. The summed E-state index contributed by atoms with van der Waals surface area (Å²) in [6.45, 7) is 7.54. The predicted octanol–water partition coefficient (Wildman–Crippen LogP) is 2.03. The second-order valence-electron chi connectivity index (χ2n) is 3.68. The molecule has 0 bridgehead atoms. The van der Waals surface area contributed by atoms with E-state index in [0.29, 0.717) is 11.5 Å². The van der Waals surface area contributed by atoms with E-state index in [4.69, 9.17) is 4.74 Å². The summed E-state index contributed by atoms with van der Waals surface area (Å²) < 4.78 is 5.46. The maximum Gasteiger partial charge on any atom is 0.0655 e. The molecule has 1 heteroatoms. The molecular formula is C8H15O. The van der Waals surface area contributed by atoms with Crippen molar-refractivity contribution in [1.29, 1.82) is 0 Å². The van der Waals surface area contributed by atoms with E-state index in [1.807, 2.05) is 0 Å². The molecule has 1 aliphatic heterocycles. The Bertz CT molecular complexity index is 85.2. The van der Waals surface area contributed by atoms with Crippen LogP contribution in [0.5, 0.6) is 0 Å². The van der Waals surface area contributed by atoms with Crippen molar-refractivity contribution in [2.45, 2.75) is 33.3 Å². The Labute approximate surface area is 57.4 Å². The van der Waals surface area contributed by atoms with Crippen LogP contribution in [0, 0.1) is 11.8 Å². The SMILES string of the molecule is CC(C)(C)C1[CH]CCO1. The van der Waals surface area contributed by atoms with E-state index < -0.39 is 0 Å². The first-order valence-electron chi connectivity index (χ1n) is 3.55. The molecule has 1 aliphatic rings. The summed E-state index contributed by atoms with van der Waals surface area (Å²) in [6.07, 6.45) is 3.78. The average Bonchev–Trinajstić information content (AvgIpc) is 2.08. The summed E-state index contributed by atoms with van der Waals surface area (Å²) in [5, 5.41) is 0. The average molecular weight is 127 g/mol. The second-order valence-corrected chi connectivity index (χ2v) is 3.68. The molecule has 53 valence electrons. The third-order valence-electron chi connectivity index (χ3n) is 1.65. The number of rotatable bonds is 0. The van der Waals surface area contributed by atoms with Gasteiger partial charge >= 0.3 is 0 Å². The molecule has 1 nitrogen and oxygen atoms in total. The van der Waals surface area contributed by atoms with E-state index in [-0.39, 0.29) is 0 Å². The lowest BCUT2D eigenvalue weighted by molar-refractivity contribution is 0.0438. The molecule has 1 heterocycles. The predicted molar refractivity (Wildman–Crippen MR) is 38.1 cm³/mol. The zero-order valence-corrected chi connectivity index (χ0v) is 6.48. The van der Waals surface area contributed by atoms with Crippen molar-refractivity contribution in [3.05, 3.63) is 6.42 Å². The molecule has 0 N–H and O–H groups in total. The molecule has 1 saturated heterocycles. The fraction of sp³-hybridized carbons (Fsp3) is 0.875. The normalized spacial score (nSPS) is 29.0. The number of ether oxygens (including phenoxy) is 1. The van der Waals surface area contributed by atoms with Crippen molar-refractivity contribution >= 4 is 0 Å². The van der Waals surface area contributed by atoms with Crippen LogP contribution in [-0.4, -0.2) is 12.7 Å². The lowest BCUT2D eigenvalue weighted by Gasteiger charge is -2.25. The van der Waals surface area contributed by atoms with Crippen LogP contribution in [0.2, 0.25) is 0 Å². The van der Waals surface area contributed by atoms with Crippen LogP contribution in [0.15, 0.2) is 0 Å². The summed E-state index contributed by atoms with van der Waals surface area (Å²) in [6, 6.07) is 0. The van der Waals surface area contributed by atoms with Gasteiger partial charge in [0, 0.05) is 6.61 Å². The van der Waals surface area contributed by atoms with Gasteiger partial charge in [-0.1, -0.05) is 20.8 Å². The van der Waals surface area contributed by atoms with Crippen molar-refractivity contribution in [1.82, 2.24) is 0 Å². The van der Waals surface area contributed by atoms with Crippen LogP contribution >= 0.6 is 0 Å². The van der Waals surface area contributed by atoms with Gasteiger partial charge in [-0.05, 0) is 18.3 Å². The van der Waals surface area contributed by atoms with Gasteiger partial charge in [-0.25, -0.2) is 0 Å². The minimum atomic E-state index is 0.302. The number of hydrogen-bond donors (Lipinski definition) is 0. The molecule has 0 aromatic heterocycles. The lowest BCUT2D eigenvalue weighted by Crippen LogP contribution is -2.25. The standard InChI is InChI=1S/C8H15O/c1-8(2,3)7-5-4-6-9-7/h5,7H,4,6H2,1-3H3. The fourth-order valence-electron chi connectivity index (χ4n) is 1.09. The first-order valence-corrected chi connectivity index (χ1v) is 3.55. The van der Waals surface area contributed by atoms with E-state index in [2.05, 4.69) is 27.2 Å². The highest BCUT2D eigenvalue weighted by molar-refractivity contribution is 4.90. The maximum absolute atomic E-state index is 5.46. The Balaban J connectivity index is 2.42. The zero-order valence-electron chi connectivity index (χ0n) is 6.48. The van der Waals surface area contributed by atoms with Crippen LogP contribution in [0.1, 0.15) is 27.2 Å². The Morgan fingerprint density at radius 3 is 2.33 bits per heavy atom. The first kappa shape index (κ1) is 7.07. The highest BCUT2D eigenvalue weighted by Gasteiger charge is 2.28. The topological polar surface area (TPSA) is 9.23 Å². The monoisotopic (exact) mass is 127 g/mol. The molecule has 1 fully saturated rings. The van der Waals surface area contributed by atoms with Gasteiger partial charge in [0.15, 0.2) is 0 Å². The van der Waals surface area contributed by atoms with Crippen molar-refractivity contribution in [2.24, 2.45) is 5.41 Å². The molecule has 1 atom stereocenters. The van der Waals surface area contributed by atoms with Gasteiger partial charge < -0.3 is 4.74 Å². The van der Waals surface area contributed by atoms with E-state index in [1.165, 1.54) is 0 Å². The van der Waals surface area contributed by atoms with Crippen molar-refractivity contribution in [3.63, 3.8) is 0 Å². The van der Waals surface area contributed by atoms with Crippen LogP contribution in [0.25, 0.3) is 0 Å². The summed E-state index contributed by atoms with van der Waals surface area (Å²) in [7, 11) is 0. The van der Waals surface area contributed by atoms with Crippen LogP contribution < -0.4 is 0 Å². The quantitative estimate of drug-likeness (QED) is 0.483. The third kappa shape index (κ3) is 1.68. The summed E-state index contributed by atoms with van der Waals surface area (Å²) in [5.74, 6) is 0. The van der Waals surface area contributed by atoms with Crippen LogP contribution in [0.4, 0.5) is 0 Å². The second kappa shape index (κ2) is 2.30. The molecule has 0 spiro atoms. The lowest BCUT2D eigenvalue weighted by atomic mass is 9.88. The van der Waals surface area contributed by atoms with Crippen LogP contribution in [-0.2, 0) is 4.74 Å². The summed E-state index contributed by atoms with van der Waals surface area (Å²) >= 11 is 0. The third-order valence-corrected chi connectivity index (χ3v) is 1.65. The van der Waals surface area contributed by atoms with Gasteiger partial charge in [-0.15, -0.1) is 0 Å². The summed E-state index contributed by atoms with van der Waals surface area (Å²) in [4.78, 5) is 0. The molecular weight excluding hydrogens is 112 g/mol. The van der Waals surface area contributed by atoms with E-state index in [0.717, 1.165) is 13.0 Å². The van der Waals surface area contributed by atoms with E-state index in [9.17, 15) is 0 Å². The van der Waals surface area contributed by atoms with Gasteiger partial charge in [0.25, 0.3) is 0 Å². The Hall–Kier alpha value is -0.0400. The molecule has 0 aromatic rings. The molecule has 0 aromatic carbocycles. The number of hydrogen-bond acceptors (Lipinski definition) is 1. The Morgan fingerprint density at radius 2 is 2.11 bits per heavy atom. The largest absolute Gasteiger partial charge is 0.377 e. The highest BCUT2D eigenvalue weighted by Crippen LogP contribution is 2.28. The van der Waals surface area contributed by atoms with Crippen LogP contribution in [0.3, 0.4) is 0 Å². The first-order chi connectivity index (χ1) is 4.11. The summed E-state index contributed by atoms with van der Waals surface area (Å²) in [5.41, 5.74) is 0.302. The highest BCUT2D eigenvalue weighted by atomic mass is 16.5. The Morgan fingerprint density at radius 1 is 1.44 bits per heavy atom. The van der Waals surface area contributed by atoms with Crippen molar-refractivity contribution < 1.29 is 4.74 Å². The molecule has 0 saturated carbocycles. The smallest absolute Gasteiger partial charge is 0.0655 e. The molecule has 1 unspecified atom stereocenters. The van der Waals surface area contributed by atoms with E-state index >= 15 is 0 Å². The van der Waals surface area contributed by atoms with Gasteiger partial charge in [0.05, 0.1) is 6.10 Å². The fourth-order valence-corrected chi connectivity index (χ4v) is 1.09. The minimum Gasteiger partial charge on any atom is -0.377 e. The van der Waals surface area contributed by atoms with Gasteiger partial charge in [-0.2, -0.15) is 0 Å². The van der Waals surface area contributed by atoms with Gasteiger partial charge in [0.1, 0.15) is 0 Å².